The summed E-state index contributed by atoms with van der Waals surface area (Å²) in [7, 11) is 1.82. The highest BCUT2D eigenvalue weighted by Gasteiger charge is 2.38. The Morgan fingerprint density at radius 3 is 2.80 bits per heavy atom. The summed E-state index contributed by atoms with van der Waals surface area (Å²) in [6, 6.07) is 1.82. The summed E-state index contributed by atoms with van der Waals surface area (Å²) in [5.41, 5.74) is -0.333. The zero-order valence-corrected chi connectivity index (χ0v) is 8.94. The standard InChI is InChI=1S/C11H16N2O2/c1-13-7-4-9(12-13)8-10(14)11(15)5-2-3-6-11/h4,7,15H,2-3,5-6,8H2,1H3. The molecule has 4 nitrogen and oxygen atoms in total. The first kappa shape index (κ1) is 10.4. The number of carbonyl (C=O) groups is 1. The number of carbonyl (C=O) groups excluding carboxylic acids is 1. The lowest BCUT2D eigenvalue weighted by Crippen LogP contribution is -2.36. The highest BCUT2D eigenvalue weighted by Crippen LogP contribution is 2.30. The predicted octanol–water partition coefficient (Wildman–Crippen LogP) is 0.837. The summed E-state index contributed by atoms with van der Waals surface area (Å²) in [5, 5.41) is 14.2. The van der Waals surface area contributed by atoms with Gasteiger partial charge < -0.3 is 5.11 Å². The molecule has 0 bridgehead atoms. The van der Waals surface area contributed by atoms with E-state index >= 15 is 0 Å². The SMILES string of the molecule is Cn1ccc(CC(=O)C2(O)CCCC2)n1. The fourth-order valence-corrected chi connectivity index (χ4v) is 2.13. The van der Waals surface area contributed by atoms with Crippen LogP contribution in [0.5, 0.6) is 0 Å². The molecule has 1 aromatic rings. The third-order valence-electron chi connectivity index (χ3n) is 3.06. The minimum Gasteiger partial charge on any atom is -0.382 e. The molecule has 15 heavy (non-hydrogen) atoms. The van der Waals surface area contributed by atoms with E-state index in [4.69, 9.17) is 0 Å². The number of rotatable bonds is 3. The Bertz CT molecular complexity index is 364. The molecule has 1 fully saturated rings. The van der Waals surface area contributed by atoms with Gasteiger partial charge in [0.2, 0.25) is 0 Å². The molecule has 0 saturated heterocycles. The van der Waals surface area contributed by atoms with Gasteiger partial charge in [-0.3, -0.25) is 9.48 Å². The summed E-state index contributed by atoms with van der Waals surface area (Å²) in [6.07, 6.45) is 5.17. The van der Waals surface area contributed by atoms with Crippen LogP contribution in [0, 0.1) is 0 Å². The molecular formula is C11H16N2O2. The van der Waals surface area contributed by atoms with Crippen LogP contribution < -0.4 is 0 Å². The number of hydrogen-bond donors (Lipinski definition) is 1. The largest absolute Gasteiger partial charge is 0.382 e. The van der Waals surface area contributed by atoms with E-state index in [1.54, 1.807) is 10.9 Å². The zero-order chi connectivity index (χ0) is 10.9. The zero-order valence-electron chi connectivity index (χ0n) is 8.94. The molecule has 1 aliphatic rings. The van der Waals surface area contributed by atoms with Crippen LogP contribution >= 0.6 is 0 Å². The van der Waals surface area contributed by atoms with Crippen LogP contribution in [0.3, 0.4) is 0 Å². The van der Waals surface area contributed by atoms with E-state index in [0.29, 0.717) is 12.8 Å². The lowest BCUT2D eigenvalue weighted by atomic mass is 9.93. The third-order valence-corrected chi connectivity index (χ3v) is 3.06. The van der Waals surface area contributed by atoms with Crippen molar-refractivity contribution in [3.63, 3.8) is 0 Å². The van der Waals surface area contributed by atoms with Crippen molar-refractivity contribution < 1.29 is 9.90 Å². The molecule has 4 heteroatoms. The summed E-state index contributed by atoms with van der Waals surface area (Å²) in [6.45, 7) is 0. The van der Waals surface area contributed by atoms with Gasteiger partial charge in [0.05, 0.1) is 12.1 Å². The predicted molar refractivity (Wildman–Crippen MR) is 55.3 cm³/mol. The Labute approximate surface area is 88.9 Å². The summed E-state index contributed by atoms with van der Waals surface area (Å²) in [4.78, 5) is 11.8. The van der Waals surface area contributed by atoms with Crippen molar-refractivity contribution in [3.8, 4) is 0 Å². The number of aromatic nitrogens is 2. The number of Topliss-reactive ketones (excluding diaryl/α,β-unsaturated/α-hetero) is 1. The second kappa shape index (κ2) is 3.77. The van der Waals surface area contributed by atoms with Gasteiger partial charge in [-0.15, -0.1) is 0 Å². The van der Waals surface area contributed by atoms with E-state index in [1.807, 2.05) is 13.1 Å². The Morgan fingerprint density at radius 1 is 1.60 bits per heavy atom. The first-order valence-corrected chi connectivity index (χ1v) is 5.34. The molecule has 0 spiro atoms. The molecule has 0 unspecified atom stereocenters. The first-order valence-electron chi connectivity index (χ1n) is 5.34. The van der Waals surface area contributed by atoms with Crippen LogP contribution in [0.1, 0.15) is 31.4 Å². The van der Waals surface area contributed by atoms with E-state index in [9.17, 15) is 9.90 Å². The molecule has 1 heterocycles. The molecule has 0 aromatic carbocycles. The van der Waals surface area contributed by atoms with Crippen molar-refractivity contribution >= 4 is 5.78 Å². The van der Waals surface area contributed by atoms with Crippen molar-refractivity contribution in [2.24, 2.45) is 7.05 Å². The minimum absolute atomic E-state index is 0.0845. The first-order chi connectivity index (χ1) is 7.10. The fourth-order valence-electron chi connectivity index (χ4n) is 2.13. The maximum atomic E-state index is 11.8. The van der Waals surface area contributed by atoms with Gasteiger partial charge in [0.25, 0.3) is 0 Å². The van der Waals surface area contributed by atoms with Gasteiger partial charge in [-0.25, -0.2) is 0 Å². The minimum atomic E-state index is -1.07. The topological polar surface area (TPSA) is 55.1 Å². The van der Waals surface area contributed by atoms with Crippen molar-refractivity contribution in [1.29, 1.82) is 0 Å². The average Bonchev–Trinajstić information content (AvgIpc) is 2.76. The molecule has 0 radical (unpaired) electrons. The molecule has 1 N–H and O–H groups in total. The molecule has 0 atom stereocenters. The highest BCUT2D eigenvalue weighted by atomic mass is 16.3. The molecule has 82 valence electrons. The van der Waals surface area contributed by atoms with Gasteiger partial charge in [-0.05, 0) is 31.7 Å². The maximum Gasteiger partial charge on any atom is 0.170 e. The van der Waals surface area contributed by atoms with Gasteiger partial charge in [-0.2, -0.15) is 5.10 Å². The Morgan fingerprint density at radius 2 is 2.27 bits per heavy atom. The molecule has 2 rings (SSSR count). The van der Waals surface area contributed by atoms with Crippen LogP contribution in [0.2, 0.25) is 0 Å². The maximum absolute atomic E-state index is 11.8. The van der Waals surface area contributed by atoms with E-state index < -0.39 is 5.60 Å². The fraction of sp³-hybridized carbons (Fsp3) is 0.636. The average molecular weight is 208 g/mol. The van der Waals surface area contributed by atoms with Crippen LogP contribution in [0.25, 0.3) is 0 Å². The van der Waals surface area contributed by atoms with E-state index in [1.165, 1.54) is 0 Å². The monoisotopic (exact) mass is 208 g/mol. The molecule has 1 aliphatic carbocycles. The number of nitrogens with zero attached hydrogens (tertiary/aromatic N) is 2. The second-order valence-electron chi connectivity index (χ2n) is 4.32. The van der Waals surface area contributed by atoms with Crippen molar-refractivity contribution in [2.75, 3.05) is 0 Å². The molecule has 1 aromatic heterocycles. The van der Waals surface area contributed by atoms with Crippen LogP contribution in [-0.4, -0.2) is 26.3 Å². The highest BCUT2D eigenvalue weighted by molar-refractivity contribution is 5.88. The molecule has 0 amide bonds. The van der Waals surface area contributed by atoms with E-state index in [0.717, 1.165) is 18.5 Å². The van der Waals surface area contributed by atoms with Crippen LogP contribution in [-0.2, 0) is 18.3 Å². The van der Waals surface area contributed by atoms with Gasteiger partial charge in [0.1, 0.15) is 5.60 Å². The number of ketones is 1. The van der Waals surface area contributed by atoms with Crippen molar-refractivity contribution in [1.82, 2.24) is 9.78 Å². The summed E-state index contributed by atoms with van der Waals surface area (Å²) < 4.78 is 1.67. The lowest BCUT2D eigenvalue weighted by molar-refractivity contribution is -0.136. The van der Waals surface area contributed by atoms with Gasteiger partial charge in [-0.1, -0.05) is 0 Å². The quantitative estimate of drug-likeness (QED) is 0.800. The van der Waals surface area contributed by atoms with E-state index in [-0.39, 0.29) is 12.2 Å². The Balaban J connectivity index is 2.03. The van der Waals surface area contributed by atoms with Gasteiger partial charge >= 0.3 is 0 Å². The van der Waals surface area contributed by atoms with Crippen LogP contribution in [0.4, 0.5) is 0 Å². The number of hydrogen-bond acceptors (Lipinski definition) is 3. The summed E-state index contributed by atoms with van der Waals surface area (Å²) >= 11 is 0. The van der Waals surface area contributed by atoms with E-state index in [2.05, 4.69) is 5.10 Å². The Hall–Kier alpha value is -1.16. The lowest BCUT2D eigenvalue weighted by Gasteiger charge is -2.19. The third kappa shape index (κ3) is 2.09. The summed E-state index contributed by atoms with van der Waals surface area (Å²) in [5.74, 6) is -0.0845. The van der Waals surface area contributed by atoms with Gasteiger partial charge in [0.15, 0.2) is 5.78 Å². The Kier molecular flexibility index (Phi) is 2.61. The molecule has 0 aliphatic heterocycles. The smallest absolute Gasteiger partial charge is 0.170 e. The molecular weight excluding hydrogens is 192 g/mol. The van der Waals surface area contributed by atoms with Crippen molar-refractivity contribution in [2.45, 2.75) is 37.7 Å². The molecule has 1 saturated carbocycles. The van der Waals surface area contributed by atoms with Gasteiger partial charge in [0, 0.05) is 13.2 Å². The second-order valence-corrected chi connectivity index (χ2v) is 4.32. The normalized spacial score (nSPS) is 19.3. The number of aliphatic hydroxyl groups is 1. The van der Waals surface area contributed by atoms with Crippen LogP contribution in [0.15, 0.2) is 12.3 Å². The number of aryl methyl sites for hydroxylation is 1. The van der Waals surface area contributed by atoms with Crippen molar-refractivity contribution in [3.05, 3.63) is 18.0 Å².